The first-order valence-corrected chi connectivity index (χ1v) is 9.41. The number of likely N-dealkylation sites (tertiary alicyclic amines) is 1. The normalized spacial score (nSPS) is 17.3. The number of nitrogens with one attached hydrogen (secondary N) is 2. The third kappa shape index (κ3) is 4.12. The van der Waals surface area contributed by atoms with Gasteiger partial charge in [0.1, 0.15) is 0 Å². The van der Waals surface area contributed by atoms with Crippen LogP contribution in [0.4, 0.5) is 4.79 Å². The van der Waals surface area contributed by atoms with Crippen molar-refractivity contribution in [2.24, 2.45) is 0 Å². The molecule has 1 saturated heterocycles. The van der Waals surface area contributed by atoms with Crippen LogP contribution < -0.4 is 5.32 Å². The van der Waals surface area contributed by atoms with Crippen molar-refractivity contribution >= 4 is 34.4 Å². The van der Waals surface area contributed by atoms with E-state index in [2.05, 4.69) is 10.3 Å². The fraction of sp³-hybridized carbons (Fsp3) is 0.474. The molecule has 0 saturated carbocycles. The predicted octanol–water partition coefficient (Wildman–Crippen LogP) is 3.36. The number of fused-ring (bicyclic) bond motifs is 1. The van der Waals surface area contributed by atoms with E-state index in [1.54, 1.807) is 11.9 Å². The topological polar surface area (TPSA) is 68.4 Å². The fourth-order valence-electron chi connectivity index (χ4n) is 3.44. The lowest BCUT2D eigenvalue weighted by atomic mass is 10.0. The molecule has 0 unspecified atom stereocenters. The van der Waals surface area contributed by atoms with Crippen molar-refractivity contribution < 1.29 is 9.59 Å². The Labute approximate surface area is 158 Å². The van der Waals surface area contributed by atoms with Crippen molar-refractivity contribution in [2.45, 2.75) is 38.8 Å². The second kappa shape index (κ2) is 7.99. The molecule has 3 rings (SSSR count). The molecule has 0 aliphatic carbocycles. The molecule has 0 bridgehead atoms. The number of rotatable bonds is 4. The molecule has 1 aliphatic heterocycles. The molecule has 1 fully saturated rings. The smallest absolute Gasteiger partial charge is 0.317 e. The molecule has 1 aliphatic rings. The summed E-state index contributed by atoms with van der Waals surface area (Å²) < 4.78 is 0. The first-order chi connectivity index (χ1) is 12.5. The summed E-state index contributed by atoms with van der Waals surface area (Å²) in [6.45, 7) is 3.69. The lowest BCUT2D eigenvalue weighted by Gasteiger charge is -2.37. The first kappa shape index (κ1) is 18.6. The Hall–Kier alpha value is -2.21. The third-order valence-corrected chi connectivity index (χ3v) is 5.22. The molecule has 0 radical (unpaired) electrons. The van der Waals surface area contributed by atoms with E-state index in [1.807, 2.05) is 36.1 Å². The minimum Gasteiger partial charge on any atom is -0.357 e. The number of carbonyl (C=O) groups is 2. The first-order valence-electron chi connectivity index (χ1n) is 9.03. The van der Waals surface area contributed by atoms with Crippen LogP contribution in [-0.2, 0) is 11.3 Å². The zero-order chi connectivity index (χ0) is 18.7. The van der Waals surface area contributed by atoms with Crippen LogP contribution in [0.1, 0.15) is 31.9 Å². The highest BCUT2D eigenvalue weighted by molar-refractivity contribution is 6.31. The number of hydrogen-bond acceptors (Lipinski definition) is 2. The molecular weight excluding hydrogens is 352 g/mol. The minimum atomic E-state index is -0.127. The van der Waals surface area contributed by atoms with Crippen LogP contribution in [-0.4, -0.2) is 52.9 Å². The van der Waals surface area contributed by atoms with E-state index >= 15 is 0 Å². The second-order valence-electron chi connectivity index (χ2n) is 6.79. The molecule has 3 amide bonds. The molecule has 1 aromatic carbocycles. The monoisotopic (exact) mass is 376 g/mol. The lowest BCUT2D eigenvalue weighted by Crippen LogP contribution is -2.52. The standard InChI is InChI=1S/C19H25ClN4O2/c1-3-18(25)24-8-4-5-16(12-24)23(2)19(26)21-11-15-10-13-9-14(20)6-7-17(13)22-15/h6-7,9-10,16,22H,3-5,8,11-12H2,1-2H3,(H,21,26)/t16-/m1/s1. The molecule has 140 valence electrons. The van der Waals surface area contributed by atoms with E-state index in [9.17, 15) is 9.59 Å². The highest BCUT2D eigenvalue weighted by Gasteiger charge is 2.27. The molecule has 6 nitrogen and oxygen atoms in total. The maximum absolute atomic E-state index is 12.5. The number of nitrogens with zero attached hydrogens (tertiary/aromatic N) is 2. The Morgan fingerprint density at radius 3 is 2.96 bits per heavy atom. The molecule has 0 spiro atoms. The zero-order valence-electron chi connectivity index (χ0n) is 15.2. The average molecular weight is 377 g/mol. The largest absolute Gasteiger partial charge is 0.357 e. The summed E-state index contributed by atoms with van der Waals surface area (Å²) in [6.07, 6.45) is 2.35. The summed E-state index contributed by atoms with van der Waals surface area (Å²) in [7, 11) is 1.80. The number of H-pyrrole nitrogens is 1. The number of carbonyl (C=O) groups excluding carboxylic acids is 2. The molecule has 26 heavy (non-hydrogen) atoms. The number of aromatic nitrogens is 1. The third-order valence-electron chi connectivity index (χ3n) is 4.99. The SMILES string of the molecule is CCC(=O)N1CCC[C@@H](N(C)C(=O)NCc2cc3cc(Cl)ccc3[nH]2)C1. The minimum absolute atomic E-state index is 0.0563. The van der Waals surface area contributed by atoms with Crippen LogP contribution in [0, 0.1) is 0 Å². The van der Waals surface area contributed by atoms with Gasteiger partial charge in [-0.3, -0.25) is 4.79 Å². The number of amides is 3. The van der Waals surface area contributed by atoms with Crippen LogP contribution >= 0.6 is 11.6 Å². The molecule has 2 N–H and O–H groups in total. The Bertz CT molecular complexity index is 804. The number of urea groups is 1. The Morgan fingerprint density at radius 2 is 2.19 bits per heavy atom. The number of likely N-dealkylation sites (N-methyl/N-ethyl adjacent to an activating group) is 1. The molecule has 2 heterocycles. The van der Waals surface area contributed by atoms with Crippen molar-refractivity contribution in [3.63, 3.8) is 0 Å². The van der Waals surface area contributed by atoms with E-state index in [4.69, 9.17) is 11.6 Å². The summed E-state index contributed by atoms with van der Waals surface area (Å²) in [5.41, 5.74) is 1.92. The van der Waals surface area contributed by atoms with E-state index in [0.717, 1.165) is 36.0 Å². The van der Waals surface area contributed by atoms with Crippen molar-refractivity contribution in [1.82, 2.24) is 20.1 Å². The average Bonchev–Trinajstić information content (AvgIpc) is 3.06. The van der Waals surface area contributed by atoms with Gasteiger partial charge in [0.15, 0.2) is 0 Å². The van der Waals surface area contributed by atoms with Crippen molar-refractivity contribution in [3.8, 4) is 0 Å². The van der Waals surface area contributed by atoms with Gasteiger partial charge in [0.25, 0.3) is 0 Å². The molecular formula is C19H25ClN4O2. The maximum atomic E-state index is 12.5. The summed E-state index contributed by atoms with van der Waals surface area (Å²) >= 11 is 6.01. The molecule has 2 aromatic rings. The van der Waals surface area contributed by atoms with Gasteiger partial charge in [-0.25, -0.2) is 4.79 Å². The highest BCUT2D eigenvalue weighted by atomic mass is 35.5. The van der Waals surface area contributed by atoms with Gasteiger partial charge in [-0.1, -0.05) is 18.5 Å². The van der Waals surface area contributed by atoms with Gasteiger partial charge in [0, 0.05) is 48.2 Å². The summed E-state index contributed by atoms with van der Waals surface area (Å²) in [5, 5.41) is 4.66. The highest BCUT2D eigenvalue weighted by Crippen LogP contribution is 2.20. The molecule has 1 aromatic heterocycles. The van der Waals surface area contributed by atoms with Crippen LogP contribution in [0.25, 0.3) is 10.9 Å². The van der Waals surface area contributed by atoms with Crippen LogP contribution in [0.15, 0.2) is 24.3 Å². The van der Waals surface area contributed by atoms with Gasteiger partial charge >= 0.3 is 6.03 Å². The number of aromatic amines is 1. The Morgan fingerprint density at radius 1 is 1.38 bits per heavy atom. The van der Waals surface area contributed by atoms with Crippen molar-refractivity contribution in [1.29, 1.82) is 0 Å². The van der Waals surface area contributed by atoms with Gasteiger partial charge in [-0.15, -0.1) is 0 Å². The summed E-state index contributed by atoms with van der Waals surface area (Å²) in [5.74, 6) is 0.153. The second-order valence-corrected chi connectivity index (χ2v) is 7.22. The van der Waals surface area contributed by atoms with E-state index in [0.29, 0.717) is 24.5 Å². The van der Waals surface area contributed by atoms with Crippen LogP contribution in [0.5, 0.6) is 0 Å². The van der Waals surface area contributed by atoms with Crippen LogP contribution in [0.3, 0.4) is 0 Å². The number of benzene rings is 1. The number of hydrogen-bond donors (Lipinski definition) is 2. The predicted molar refractivity (Wildman–Crippen MR) is 103 cm³/mol. The summed E-state index contributed by atoms with van der Waals surface area (Å²) in [6, 6.07) is 7.58. The molecule has 7 heteroatoms. The van der Waals surface area contributed by atoms with Gasteiger partial charge < -0.3 is 20.1 Å². The summed E-state index contributed by atoms with van der Waals surface area (Å²) in [4.78, 5) is 31.3. The number of halogens is 1. The van der Waals surface area contributed by atoms with Gasteiger partial charge in [-0.2, -0.15) is 0 Å². The maximum Gasteiger partial charge on any atom is 0.317 e. The van der Waals surface area contributed by atoms with Crippen molar-refractivity contribution in [3.05, 3.63) is 35.0 Å². The van der Waals surface area contributed by atoms with Crippen molar-refractivity contribution in [2.75, 3.05) is 20.1 Å². The van der Waals surface area contributed by atoms with Crippen LogP contribution in [0.2, 0.25) is 5.02 Å². The van der Waals surface area contributed by atoms with Gasteiger partial charge in [-0.05, 0) is 37.1 Å². The van der Waals surface area contributed by atoms with E-state index < -0.39 is 0 Å². The number of piperidine rings is 1. The fourth-order valence-corrected chi connectivity index (χ4v) is 3.62. The quantitative estimate of drug-likeness (QED) is 0.859. The zero-order valence-corrected chi connectivity index (χ0v) is 16.0. The van der Waals surface area contributed by atoms with Gasteiger partial charge in [0.2, 0.25) is 5.91 Å². The molecule has 1 atom stereocenters. The Kier molecular flexibility index (Phi) is 5.71. The Balaban J connectivity index is 1.57. The van der Waals surface area contributed by atoms with E-state index in [1.165, 1.54) is 0 Å². The van der Waals surface area contributed by atoms with E-state index in [-0.39, 0.29) is 18.0 Å². The lowest BCUT2D eigenvalue weighted by molar-refractivity contribution is -0.132. The van der Waals surface area contributed by atoms with Gasteiger partial charge in [0.05, 0.1) is 12.6 Å².